The molecule has 1 aliphatic rings. The predicted molar refractivity (Wildman–Crippen MR) is 103 cm³/mol. The number of carbonyl (C=O) groups excluding carboxylic acids is 1. The van der Waals surface area contributed by atoms with E-state index in [1.165, 1.54) is 11.3 Å². The van der Waals surface area contributed by atoms with Crippen LogP contribution in [-0.2, 0) is 6.42 Å². The first-order valence-corrected chi connectivity index (χ1v) is 9.01. The standard InChI is InChI=1S/C21H22N4O/c26-21(18-7-3-6-17(13-18)19-14-23-24-15-19)22-10-12-25-11-4-8-16-5-1-2-9-20(16)25/h1-3,5-7,9,13-15H,4,8,10-12H2,(H,22,26)(H,23,24). The number of nitrogens with one attached hydrogen (secondary N) is 2. The van der Waals surface area contributed by atoms with Crippen LogP contribution in [-0.4, -0.2) is 35.7 Å². The van der Waals surface area contributed by atoms with Gasteiger partial charge in [-0.2, -0.15) is 5.10 Å². The molecule has 2 heterocycles. The molecule has 0 fully saturated rings. The minimum Gasteiger partial charge on any atom is -0.370 e. The molecular weight excluding hydrogens is 324 g/mol. The number of carbonyl (C=O) groups is 1. The van der Waals surface area contributed by atoms with Gasteiger partial charge < -0.3 is 10.2 Å². The Balaban J connectivity index is 1.37. The number of amides is 1. The molecule has 0 radical (unpaired) electrons. The van der Waals surface area contributed by atoms with Gasteiger partial charge in [-0.05, 0) is 42.2 Å². The highest BCUT2D eigenvalue weighted by molar-refractivity contribution is 5.95. The van der Waals surface area contributed by atoms with Crippen LogP contribution in [0.5, 0.6) is 0 Å². The van der Waals surface area contributed by atoms with Gasteiger partial charge in [0.2, 0.25) is 0 Å². The average molecular weight is 346 g/mol. The van der Waals surface area contributed by atoms with Crippen molar-refractivity contribution < 1.29 is 4.79 Å². The number of benzene rings is 2. The number of rotatable bonds is 5. The van der Waals surface area contributed by atoms with E-state index in [1.54, 1.807) is 6.20 Å². The number of anilines is 1. The van der Waals surface area contributed by atoms with Crippen molar-refractivity contribution in [3.8, 4) is 11.1 Å². The summed E-state index contributed by atoms with van der Waals surface area (Å²) in [5, 5.41) is 9.81. The van der Waals surface area contributed by atoms with Crippen LogP contribution in [0.1, 0.15) is 22.3 Å². The predicted octanol–water partition coefficient (Wildman–Crippen LogP) is 3.26. The first kappa shape index (κ1) is 16.4. The smallest absolute Gasteiger partial charge is 0.251 e. The van der Waals surface area contributed by atoms with Crippen molar-refractivity contribution >= 4 is 11.6 Å². The Bertz CT molecular complexity index is 889. The number of hydrogen-bond acceptors (Lipinski definition) is 3. The summed E-state index contributed by atoms with van der Waals surface area (Å²) in [5.74, 6) is -0.0411. The normalized spacial score (nSPS) is 13.3. The molecule has 132 valence electrons. The topological polar surface area (TPSA) is 61.0 Å². The molecule has 0 bridgehead atoms. The molecule has 0 saturated heterocycles. The number of aromatic amines is 1. The van der Waals surface area contributed by atoms with Crippen LogP contribution in [0.15, 0.2) is 60.9 Å². The summed E-state index contributed by atoms with van der Waals surface area (Å²) in [4.78, 5) is 14.9. The number of hydrogen-bond donors (Lipinski definition) is 2. The van der Waals surface area contributed by atoms with Crippen molar-refractivity contribution in [3.05, 3.63) is 72.1 Å². The van der Waals surface area contributed by atoms with Gasteiger partial charge in [0, 0.05) is 42.6 Å². The fourth-order valence-corrected chi connectivity index (χ4v) is 3.50. The summed E-state index contributed by atoms with van der Waals surface area (Å²) >= 11 is 0. The maximum absolute atomic E-state index is 12.5. The van der Waals surface area contributed by atoms with Gasteiger partial charge >= 0.3 is 0 Å². The molecule has 3 aromatic rings. The fraction of sp³-hybridized carbons (Fsp3) is 0.238. The molecular formula is C21H22N4O. The van der Waals surface area contributed by atoms with Crippen LogP contribution in [0.3, 0.4) is 0 Å². The van der Waals surface area contributed by atoms with Crippen molar-refractivity contribution in [2.24, 2.45) is 0 Å². The summed E-state index contributed by atoms with van der Waals surface area (Å²) in [7, 11) is 0. The summed E-state index contributed by atoms with van der Waals surface area (Å²) in [5.41, 5.74) is 5.33. The lowest BCUT2D eigenvalue weighted by molar-refractivity contribution is 0.0954. The molecule has 1 amide bonds. The van der Waals surface area contributed by atoms with E-state index in [0.717, 1.165) is 37.1 Å². The number of para-hydroxylation sites is 1. The Morgan fingerprint density at radius 2 is 2.08 bits per heavy atom. The van der Waals surface area contributed by atoms with Gasteiger partial charge in [0.25, 0.3) is 5.91 Å². The van der Waals surface area contributed by atoms with Crippen molar-refractivity contribution in [1.82, 2.24) is 15.5 Å². The zero-order chi connectivity index (χ0) is 17.8. The molecule has 2 aromatic carbocycles. The molecule has 0 spiro atoms. The minimum atomic E-state index is -0.0411. The van der Waals surface area contributed by atoms with E-state index < -0.39 is 0 Å². The zero-order valence-electron chi connectivity index (χ0n) is 14.6. The summed E-state index contributed by atoms with van der Waals surface area (Å²) < 4.78 is 0. The number of H-pyrrole nitrogens is 1. The van der Waals surface area contributed by atoms with E-state index >= 15 is 0 Å². The lowest BCUT2D eigenvalue weighted by atomic mass is 10.0. The van der Waals surface area contributed by atoms with Gasteiger partial charge in [0.1, 0.15) is 0 Å². The number of fused-ring (bicyclic) bond motifs is 1. The Kier molecular flexibility index (Phi) is 4.69. The second-order valence-corrected chi connectivity index (χ2v) is 6.54. The maximum Gasteiger partial charge on any atom is 0.251 e. The summed E-state index contributed by atoms with van der Waals surface area (Å²) in [6.07, 6.45) is 5.88. The van der Waals surface area contributed by atoms with Crippen LogP contribution in [0.2, 0.25) is 0 Å². The number of aromatic nitrogens is 2. The SMILES string of the molecule is O=C(NCCN1CCCc2ccccc21)c1cccc(-c2cn[nH]c2)c1. The Hall–Kier alpha value is -3.08. The van der Waals surface area contributed by atoms with Gasteiger partial charge in [0.15, 0.2) is 0 Å². The fourth-order valence-electron chi connectivity index (χ4n) is 3.50. The molecule has 26 heavy (non-hydrogen) atoms. The molecule has 4 rings (SSSR count). The van der Waals surface area contributed by atoms with E-state index in [0.29, 0.717) is 12.1 Å². The van der Waals surface area contributed by atoms with Gasteiger partial charge in [0.05, 0.1) is 6.20 Å². The Morgan fingerprint density at radius 1 is 1.15 bits per heavy atom. The van der Waals surface area contributed by atoms with Gasteiger partial charge in [-0.3, -0.25) is 9.89 Å². The molecule has 0 aliphatic carbocycles. The Labute approximate surface area is 153 Å². The van der Waals surface area contributed by atoms with E-state index in [-0.39, 0.29) is 5.91 Å². The van der Waals surface area contributed by atoms with Crippen molar-refractivity contribution in [3.63, 3.8) is 0 Å². The zero-order valence-corrected chi connectivity index (χ0v) is 14.6. The first-order valence-electron chi connectivity index (χ1n) is 9.01. The number of aryl methyl sites for hydroxylation is 1. The molecule has 0 saturated carbocycles. The van der Waals surface area contributed by atoms with E-state index in [4.69, 9.17) is 0 Å². The van der Waals surface area contributed by atoms with Crippen molar-refractivity contribution in [2.75, 3.05) is 24.5 Å². The highest BCUT2D eigenvalue weighted by Gasteiger charge is 2.16. The molecule has 5 heteroatoms. The van der Waals surface area contributed by atoms with Gasteiger partial charge in [-0.15, -0.1) is 0 Å². The number of nitrogens with zero attached hydrogens (tertiary/aromatic N) is 2. The molecule has 1 aromatic heterocycles. The quantitative estimate of drug-likeness (QED) is 0.745. The molecule has 5 nitrogen and oxygen atoms in total. The summed E-state index contributed by atoms with van der Waals surface area (Å²) in [6.45, 7) is 2.50. The van der Waals surface area contributed by atoms with E-state index in [2.05, 4.69) is 44.7 Å². The second-order valence-electron chi connectivity index (χ2n) is 6.54. The highest BCUT2D eigenvalue weighted by atomic mass is 16.1. The first-order chi connectivity index (χ1) is 12.8. The lowest BCUT2D eigenvalue weighted by Crippen LogP contribution is -2.37. The van der Waals surface area contributed by atoms with E-state index in [1.807, 2.05) is 30.5 Å². The van der Waals surface area contributed by atoms with Crippen LogP contribution < -0.4 is 10.2 Å². The van der Waals surface area contributed by atoms with Crippen LogP contribution >= 0.6 is 0 Å². The third-order valence-corrected chi connectivity index (χ3v) is 4.83. The highest BCUT2D eigenvalue weighted by Crippen LogP contribution is 2.26. The monoisotopic (exact) mass is 346 g/mol. The third kappa shape index (κ3) is 3.47. The van der Waals surface area contributed by atoms with Gasteiger partial charge in [-0.25, -0.2) is 0 Å². The largest absolute Gasteiger partial charge is 0.370 e. The molecule has 0 atom stereocenters. The summed E-state index contributed by atoms with van der Waals surface area (Å²) in [6, 6.07) is 16.2. The van der Waals surface area contributed by atoms with Gasteiger partial charge in [-0.1, -0.05) is 30.3 Å². The third-order valence-electron chi connectivity index (χ3n) is 4.83. The van der Waals surface area contributed by atoms with Crippen molar-refractivity contribution in [1.29, 1.82) is 0 Å². The molecule has 1 aliphatic heterocycles. The molecule has 0 unspecified atom stereocenters. The second kappa shape index (κ2) is 7.44. The van der Waals surface area contributed by atoms with Crippen LogP contribution in [0.4, 0.5) is 5.69 Å². The van der Waals surface area contributed by atoms with Crippen molar-refractivity contribution in [2.45, 2.75) is 12.8 Å². The van der Waals surface area contributed by atoms with E-state index in [9.17, 15) is 4.79 Å². The average Bonchev–Trinajstić information content (AvgIpc) is 3.23. The molecule has 2 N–H and O–H groups in total. The lowest BCUT2D eigenvalue weighted by Gasteiger charge is -2.31. The maximum atomic E-state index is 12.5. The Morgan fingerprint density at radius 3 is 2.96 bits per heavy atom. The van der Waals surface area contributed by atoms with Crippen LogP contribution in [0, 0.1) is 0 Å². The van der Waals surface area contributed by atoms with Crippen LogP contribution in [0.25, 0.3) is 11.1 Å². The minimum absolute atomic E-state index is 0.0411.